The summed E-state index contributed by atoms with van der Waals surface area (Å²) >= 11 is 0. The molecule has 0 aliphatic carbocycles. The van der Waals surface area contributed by atoms with Crippen LogP contribution in [0.4, 0.5) is 0 Å². The molecule has 2 rings (SSSR count). The van der Waals surface area contributed by atoms with Gasteiger partial charge < -0.3 is 14.6 Å². The van der Waals surface area contributed by atoms with Crippen molar-refractivity contribution in [2.75, 3.05) is 6.61 Å². The van der Waals surface area contributed by atoms with E-state index in [1.807, 2.05) is 37.3 Å². The van der Waals surface area contributed by atoms with Gasteiger partial charge in [0.1, 0.15) is 5.60 Å². The quantitative estimate of drug-likeness (QED) is 0.791. The maximum Gasteiger partial charge on any atom is 0.186 e. The lowest BCUT2D eigenvalue weighted by atomic mass is 9.97. The summed E-state index contributed by atoms with van der Waals surface area (Å²) in [5, 5.41) is 9.23. The monoisotopic (exact) mass is 232 g/mol. The van der Waals surface area contributed by atoms with Gasteiger partial charge in [-0.05, 0) is 6.92 Å². The first-order chi connectivity index (χ1) is 8.17. The lowest BCUT2D eigenvalue weighted by Gasteiger charge is -2.39. The number of hydrogen-bond donors (Lipinski definition) is 1. The van der Waals surface area contributed by atoms with E-state index in [2.05, 4.69) is 5.92 Å². The van der Waals surface area contributed by atoms with Crippen LogP contribution < -0.4 is 0 Å². The first kappa shape index (κ1) is 12.1. The minimum Gasteiger partial charge on any atom is -0.394 e. The van der Waals surface area contributed by atoms with Gasteiger partial charge in [-0.2, -0.15) is 0 Å². The molecule has 1 heterocycles. The van der Waals surface area contributed by atoms with Crippen LogP contribution in [0.15, 0.2) is 30.3 Å². The third-order valence-electron chi connectivity index (χ3n) is 2.88. The molecule has 0 spiro atoms. The molecule has 3 nitrogen and oxygen atoms in total. The molecule has 1 aliphatic rings. The average molecular weight is 232 g/mol. The summed E-state index contributed by atoms with van der Waals surface area (Å²) in [6.45, 7) is 1.79. The first-order valence-electron chi connectivity index (χ1n) is 5.64. The number of aliphatic hydroxyl groups is 1. The van der Waals surface area contributed by atoms with E-state index in [0.717, 1.165) is 5.56 Å². The molecule has 0 saturated carbocycles. The molecule has 1 fully saturated rings. The summed E-state index contributed by atoms with van der Waals surface area (Å²) < 4.78 is 11.4. The molecule has 3 atom stereocenters. The smallest absolute Gasteiger partial charge is 0.186 e. The van der Waals surface area contributed by atoms with Crippen LogP contribution >= 0.6 is 0 Å². The normalized spacial score (nSPS) is 33.0. The SMILES string of the molecule is C#C[C@]1(C)C[C@@H](CO)O[C@@H](c2ccccc2)O1. The molecule has 0 radical (unpaired) electrons. The van der Waals surface area contributed by atoms with Crippen LogP contribution in [-0.4, -0.2) is 23.4 Å². The molecule has 0 aromatic heterocycles. The first-order valence-corrected chi connectivity index (χ1v) is 5.64. The van der Waals surface area contributed by atoms with Crippen molar-refractivity contribution in [1.29, 1.82) is 0 Å². The number of hydrogen-bond acceptors (Lipinski definition) is 3. The van der Waals surface area contributed by atoms with Crippen LogP contribution in [0.2, 0.25) is 0 Å². The lowest BCUT2D eigenvalue weighted by molar-refractivity contribution is -0.270. The van der Waals surface area contributed by atoms with Crippen LogP contribution in [0.25, 0.3) is 0 Å². The van der Waals surface area contributed by atoms with Crippen LogP contribution in [0, 0.1) is 12.3 Å². The molecular weight excluding hydrogens is 216 g/mol. The van der Waals surface area contributed by atoms with Gasteiger partial charge in [-0.25, -0.2) is 0 Å². The summed E-state index contributed by atoms with van der Waals surface area (Å²) in [5.41, 5.74) is 0.221. The molecule has 1 aromatic rings. The Labute approximate surface area is 101 Å². The number of aliphatic hydroxyl groups excluding tert-OH is 1. The van der Waals surface area contributed by atoms with Gasteiger partial charge in [0.25, 0.3) is 0 Å². The summed E-state index contributed by atoms with van der Waals surface area (Å²) in [5.74, 6) is 2.63. The Balaban J connectivity index is 2.21. The molecule has 0 bridgehead atoms. The van der Waals surface area contributed by atoms with Crippen LogP contribution in [0.3, 0.4) is 0 Å². The summed E-state index contributed by atoms with van der Waals surface area (Å²) in [6, 6.07) is 9.59. The second-order valence-corrected chi connectivity index (χ2v) is 4.38. The van der Waals surface area contributed by atoms with Crippen molar-refractivity contribution >= 4 is 0 Å². The summed E-state index contributed by atoms with van der Waals surface area (Å²) in [7, 11) is 0. The predicted molar refractivity (Wildman–Crippen MR) is 64.1 cm³/mol. The van der Waals surface area contributed by atoms with Crippen molar-refractivity contribution in [1.82, 2.24) is 0 Å². The Kier molecular flexibility index (Phi) is 3.49. The van der Waals surface area contributed by atoms with Gasteiger partial charge in [-0.3, -0.25) is 0 Å². The third-order valence-corrected chi connectivity index (χ3v) is 2.88. The molecule has 0 unspecified atom stereocenters. The molecule has 1 N–H and O–H groups in total. The Morgan fingerprint density at radius 2 is 2.18 bits per heavy atom. The highest BCUT2D eigenvalue weighted by molar-refractivity contribution is 5.18. The van der Waals surface area contributed by atoms with Crippen molar-refractivity contribution < 1.29 is 14.6 Å². The van der Waals surface area contributed by atoms with Crippen LogP contribution in [-0.2, 0) is 9.47 Å². The van der Waals surface area contributed by atoms with E-state index in [1.54, 1.807) is 0 Å². The standard InChI is InChI=1S/C14H16O3/c1-3-14(2)9-12(10-15)16-13(17-14)11-7-5-4-6-8-11/h1,4-8,12-13,15H,9-10H2,2H3/t12-,13+,14+/m0/s1. The lowest BCUT2D eigenvalue weighted by Crippen LogP contribution is -2.42. The van der Waals surface area contributed by atoms with Crippen molar-refractivity contribution in [2.24, 2.45) is 0 Å². The van der Waals surface area contributed by atoms with Gasteiger partial charge in [0.2, 0.25) is 0 Å². The van der Waals surface area contributed by atoms with Gasteiger partial charge in [0, 0.05) is 12.0 Å². The van der Waals surface area contributed by atoms with E-state index in [0.29, 0.717) is 6.42 Å². The van der Waals surface area contributed by atoms with E-state index in [1.165, 1.54) is 0 Å². The molecule has 1 aliphatic heterocycles. The largest absolute Gasteiger partial charge is 0.394 e. The summed E-state index contributed by atoms with van der Waals surface area (Å²) in [6.07, 6.45) is 5.19. The fourth-order valence-corrected chi connectivity index (χ4v) is 1.93. The predicted octanol–water partition coefficient (Wildman–Crippen LogP) is 1.87. The maximum absolute atomic E-state index is 9.23. The average Bonchev–Trinajstić information content (AvgIpc) is 2.39. The zero-order valence-corrected chi connectivity index (χ0v) is 9.80. The third kappa shape index (κ3) is 2.67. The summed E-state index contributed by atoms with van der Waals surface area (Å²) in [4.78, 5) is 0. The highest BCUT2D eigenvalue weighted by Gasteiger charge is 2.37. The Bertz CT molecular complexity index is 409. The van der Waals surface area contributed by atoms with Crippen molar-refractivity contribution in [2.45, 2.75) is 31.3 Å². The van der Waals surface area contributed by atoms with Gasteiger partial charge >= 0.3 is 0 Å². The molecule has 90 valence electrons. The zero-order chi connectivity index (χ0) is 12.3. The van der Waals surface area contributed by atoms with Crippen LogP contribution in [0.1, 0.15) is 25.2 Å². The van der Waals surface area contributed by atoms with Gasteiger partial charge in [-0.1, -0.05) is 36.3 Å². The number of terminal acetylenes is 1. The Hall–Kier alpha value is -1.34. The van der Waals surface area contributed by atoms with Crippen molar-refractivity contribution in [3.05, 3.63) is 35.9 Å². The molecule has 3 heteroatoms. The number of ether oxygens (including phenoxy) is 2. The van der Waals surface area contributed by atoms with Gasteiger partial charge in [0.15, 0.2) is 6.29 Å². The van der Waals surface area contributed by atoms with E-state index >= 15 is 0 Å². The highest BCUT2D eigenvalue weighted by atomic mass is 16.7. The van der Waals surface area contributed by atoms with E-state index in [4.69, 9.17) is 15.9 Å². The minimum atomic E-state index is -0.688. The minimum absolute atomic E-state index is 0.0516. The Morgan fingerprint density at radius 3 is 2.76 bits per heavy atom. The van der Waals surface area contributed by atoms with Gasteiger partial charge in [0.05, 0.1) is 12.7 Å². The maximum atomic E-state index is 9.23. The number of benzene rings is 1. The van der Waals surface area contributed by atoms with E-state index < -0.39 is 11.9 Å². The molecular formula is C14H16O3. The fourth-order valence-electron chi connectivity index (χ4n) is 1.93. The van der Waals surface area contributed by atoms with E-state index in [9.17, 15) is 5.11 Å². The van der Waals surface area contributed by atoms with E-state index in [-0.39, 0.29) is 12.7 Å². The highest BCUT2D eigenvalue weighted by Crippen LogP contribution is 2.35. The van der Waals surface area contributed by atoms with Crippen molar-refractivity contribution in [3.63, 3.8) is 0 Å². The van der Waals surface area contributed by atoms with Gasteiger partial charge in [-0.15, -0.1) is 6.42 Å². The topological polar surface area (TPSA) is 38.7 Å². The molecule has 1 saturated heterocycles. The van der Waals surface area contributed by atoms with Crippen LogP contribution in [0.5, 0.6) is 0 Å². The second kappa shape index (κ2) is 4.89. The molecule has 0 amide bonds. The Morgan fingerprint density at radius 1 is 1.47 bits per heavy atom. The molecule has 17 heavy (non-hydrogen) atoms. The van der Waals surface area contributed by atoms with Crippen molar-refractivity contribution in [3.8, 4) is 12.3 Å². The zero-order valence-electron chi connectivity index (χ0n) is 9.80. The second-order valence-electron chi connectivity index (χ2n) is 4.38. The fraction of sp³-hybridized carbons (Fsp3) is 0.429. The molecule has 1 aromatic carbocycles. The number of rotatable bonds is 2.